The van der Waals surface area contributed by atoms with Crippen molar-refractivity contribution in [1.29, 1.82) is 0 Å². The SMILES string of the molecule is COC(=O)C[C@H](NC(=O)OCc1ccccc1)C(=O)N1CC=CCC1. The number of methoxy groups -OCH3 is 1. The zero-order valence-corrected chi connectivity index (χ0v) is 14.1. The number of carbonyl (C=O) groups is 3. The molecular weight excluding hydrogens is 324 g/mol. The van der Waals surface area contributed by atoms with Gasteiger partial charge in [-0.1, -0.05) is 42.5 Å². The maximum atomic E-state index is 12.6. The fraction of sp³-hybridized carbons (Fsp3) is 0.389. The number of hydrogen-bond donors (Lipinski definition) is 1. The van der Waals surface area contributed by atoms with Gasteiger partial charge in [0.2, 0.25) is 5.91 Å². The van der Waals surface area contributed by atoms with E-state index in [0.29, 0.717) is 13.1 Å². The fourth-order valence-electron chi connectivity index (χ4n) is 2.42. The van der Waals surface area contributed by atoms with Crippen molar-refractivity contribution >= 4 is 18.0 Å². The van der Waals surface area contributed by atoms with Gasteiger partial charge in [0, 0.05) is 13.1 Å². The van der Waals surface area contributed by atoms with Crippen molar-refractivity contribution < 1.29 is 23.9 Å². The first-order valence-corrected chi connectivity index (χ1v) is 8.08. The van der Waals surface area contributed by atoms with Gasteiger partial charge < -0.3 is 19.7 Å². The first-order valence-electron chi connectivity index (χ1n) is 8.08. The Kier molecular flexibility index (Phi) is 7.00. The van der Waals surface area contributed by atoms with Crippen molar-refractivity contribution in [3.05, 3.63) is 48.0 Å². The molecule has 0 saturated heterocycles. The number of nitrogens with one attached hydrogen (secondary N) is 1. The number of esters is 1. The standard InChI is InChI=1S/C18H22N2O5/c1-24-16(21)12-15(17(22)20-10-6-3-7-11-20)19-18(23)25-13-14-8-4-2-5-9-14/h2-6,8-9,15H,7,10-13H2,1H3,(H,19,23)/t15-/m0/s1. The molecule has 2 rings (SSSR count). The van der Waals surface area contributed by atoms with Gasteiger partial charge >= 0.3 is 12.1 Å². The molecule has 134 valence electrons. The van der Waals surface area contributed by atoms with Gasteiger partial charge in [0.25, 0.3) is 0 Å². The van der Waals surface area contributed by atoms with Gasteiger partial charge in [0.15, 0.2) is 0 Å². The second-order valence-electron chi connectivity index (χ2n) is 5.58. The molecule has 1 N–H and O–H groups in total. The summed E-state index contributed by atoms with van der Waals surface area (Å²) in [5.74, 6) is -0.902. The molecule has 0 bridgehead atoms. The summed E-state index contributed by atoms with van der Waals surface area (Å²) in [7, 11) is 1.24. The van der Waals surface area contributed by atoms with Crippen LogP contribution in [0, 0.1) is 0 Å². The highest BCUT2D eigenvalue weighted by Gasteiger charge is 2.29. The molecule has 0 radical (unpaired) electrons. The molecule has 1 aliphatic heterocycles. The van der Waals surface area contributed by atoms with Gasteiger partial charge in [0.1, 0.15) is 12.6 Å². The molecule has 7 nitrogen and oxygen atoms in total. The Labute approximate surface area is 146 Å². The van der Waals surface area contributed by atoms with Crippen LogP contribution in [0.4, 0.5) is 4.79 Å². The van der Waals surface area contributed by atoms with Crippen LogP contribution in [0.5, 0.6) is 0 Å². The van der Waals surface area contributed by atoms with Crippen LogP contribution in [0.3, 0.4) is 0 Å². The van der Waals surface area contributed by atoms with E-state index < -0.39 is 18.1 Å². The van der Waals surface area contributed by atoms with Gasteiger partial charge in [-0.05, 0) is 12.0 Å². The van der Waals surface area contributed by atoms with Crippen LogP contribution in [0.25, 0.3) is 0 Å². The molecule has 2 amide bonds. The van der Waals surface area contributed by atoms with Gasteiger partial charge in [-0.2, -0.15) is 0 Å². The van der Waals surface area contributed by atoms with E-state index in [0.717, 1.165) is 12.0 Å². The third kappa shape index (κ3) is 5.95. The van der Waals surface area contributed by atoms with Gasteiger partial charge in [-0.3, -0.25) is 9.59 Å². The Morgan fingerprint density at radius 2 is 1.96 bits per heavy atom. The highest BCUT2D eigenvalue weighted by Crippen LogP contribution is 2.08. The van der Waals surface area contributed by atoms with Gasteiger partial charge in [-0.25, -0.2) is 4.79 Å². The maximum absolute atomic E-state index is 12.6. The van der Waals surface area contributed by atoms with Crippen molar-refractivity contribution in [2.75, 3.05) is 20.2 Å². The average Bonchev–Trinajstić information content (AvgIpc) is 2.66. The summed E-state index contributed by atoms with van der Waals surface area (Å²) in [6, 6.07) is 8.17. The number of nitrogens with zero attached hydrogens (tertiary/aromatic N) is 1. The predicted molar refractivity (Wildman–Crippen MR) is 90.5 cm³/mol. The second kappa shape index (κ2) is 9.46. The zero-order chi connectivity index (χ0) is 18.1. The molecule has 0 aromatic heterocycles. The van der Waals surface area contributed by atoms with Crippen LogP contribution >= 0.6 is 0 Å². The Morgan fingerprint density at radius 3 is 2.60 bits per heavy atom. The molecule has 25 heavy (non-hydrogen) atoms. The lowest BCUT2D eigenvalue weighted by Gasteiger charge is -2.27. The van der Waals surface area contributed by atoms with Crippen LogP contribution in [0.1, 0.15) is 18.4 Å². The van der Waals surface area contributed by atoms with E-state index in [1.165, 1.54) is 7.11 Å². The summed E-state index contributed by atoms with van der Waals surface area (Å²) in [5.41, 5.74) is 0.828. The highest BCUT2D eigenvalue weighted by atomic mass is 16.5. The minimum Gasteiger partial charge on any atom is -0.469 e. The Hall–Kier alpha value is -2.83. The number of benzene rings is 1. The number of alkyl carbamates (subject to hydrolysis) is 1. The van der Waals surface area contributed by atoms with Crippen LogP contribution in [-0.4, -0.2) is 49.1 Å². The Bertz CT molecular complexity index is 630. The van der Waals surface area contributed by atoms with E-state index in [-0.39, 0.29) is 18.9 Å². The van der Waals surface area contributed by atoms with E-state index in [2.05, 4.69) is 10.1 Å². The Morgan fingerprint density at radius 1 is 1.20 bits per heavy atom. The summed E-state index contributed by atoms with van der Waals surface area (Å²) in [6.45, 7) is 1.09. The smallest absolute Gasteiger partial charge is 0.408 e. The number of amides is 2. The summed E-state index contributed by atoms with van der Waals surface area (Å²) in [6.07, 6.45) is 3.62. The molecule has 0 aliphatic carbocycles. The van der Waals surface area contributed by atoms with Crippen LogP contribution in [0.2, 0.25) is 0 Å². The summed E-state index contributed by atoms with van der Waals surface area (Å²) in [4.78, 5) is 37.7. The van der Waals surface area contributed by atoms with E-state index in [9.17, 15) is 14.4 Å². The van der Waals surface area contributed by atoms with E-state index in [1.807, 2.05) is 42.5 Å². The fourth-order valence-corrected chi connectivity index (χ4v) is 2.42. The van der Waals surface area contributed by atoms with Crippen molar-refractivity contribution in [2.45, 2.75) is 25.5 Å². The quantitative estimate of drug-likeness (QED) is 0.625. The topological polar surface area (TPSA) is 84.9 Å². The second-order valence-corrected chi connectivity index (χ2v) is 5.58. The molecule has 1 aliphatic rings. The number of rotatable bonds is 6. The summed E-state index contributed by atoms with van der Waals surface area (Å²) in [5, 5.41) is 2.47. The molecular formula is C18H22N2O5. The molecule has 1 atom stereocenters. The largest absolute Gasteiger partial charge is 0.469 e. The average molecular weight is 346 g/mol. The molecule has 1 heterocycles. The molecule has 0 fully saturated rings. The van der Waals surface area contributed by atoms with Crippen molar-refractivity contribution in [3.8, 4) is 0 Å². The van der Waals surface area contributed by atoms with Gasteiger partial charge in [-0.15, -0.1) is 0 Å². The first kappa shape index (κ1) is 18.5. The Balaban J connectivity index is 1.94. The van der Waals surface area contributed by atoms with Crippen molar-refractivity contribution in [2.24, 2.45) is 0 Å². The molecule has 0 saturated carbocycles. The molecule has 0 spiro atoms. The molecule has 1 aromatic carbocycles. The number of hydrogen-bond acceptors (Lipinski definition) is 5. The predicted octanol–water partition coefficient (Wildman–Crippen LogP) is 1.63. The van der Waals surface area contributed by atoms with Crippen molar-refractivity contribution in [3.63, 3.8) is 0 Å². The van der Waals surface area contributed by atoms with Crippen LogP contribution in [0.15, 0.2) is 42.5 Å². The molecule has 7 heteroatoms. The van der Waals surface area contributed by atoms with E-state index in [4.69, 9.17) is 4.74 Å². The maximum Gasteiger partial charge on any atom is 0.408 e. The van der Waals surface area contributed by atoms with Crippen molar-refractivity contribution in [1.82, 2.24) is 10.2 Å². The van der Waals surface area contributed by atoms with Crippen LogP contribution < -0.4 is 5.32 Å². The molecule has 0 unspecified atom stereocenters. The number of ether oxygens (including phenoxy) is 2. The van der Waals surface area contributed by atoms with Gasteiger partial charge in [0.05, 0.1) is 13.5 Å². The minimum absolute atomic E-state index is 0.0816. The lowest BCUT2D eigenvalue weighted by molar-refractivity contribution is -0.145. The number of carbonyl (C=O) groups excluding carboxylic acids is 3. The third-order valence-electron chi connectivity index (χ3n) is 3.77. The van der Waals surface area contributed by atoms with E-state index >= 15 is 0 Å². The summed E-state index contributed by atoms with van der Waals surface area (Å²) < 4.78 is 9.74. The normalized spacial score (nSPS) is 14.5. The summed E-state index contributed by atoms with van der Waals surface area (Å²) >= 11 is 0. The monoisotopic (exact) mass is 346 g/mol. The highest BCUT2D eigenvalue weighted by molar-refractivity contribution is 5.89. The van der Waals surface area contributed by atoms with Crippen LogP contribution in [-0.2, 0) is 25.7 Å². The first-order chi connectivity index (χ1) is 12.1. The lowest BCUT2D eigenvalue weighted by atomic mass is 10.1. The molecule has 1 aromatic rings. The zero-order valence-electron chi connectivity index (χ0n) is 14.1. The van der Waals surface area contributed by atoms with E-state index in [1.54, 1.807) is 4.90 Å². The minimum atomic E-state index is -1.01. The third-order valence-corrected chi connectivity index (χ3v) is 3.77. The lowest BCUT2D eigenvalue weighted by Crippen LogP contribution is -2.50.